The van der Waals surface area contributed by atoms with Crippen LogP contribution >= 0.6 is 0 Å². The van der Waals surface area contributed by atoms with Crippen molar-refractivity contribution in [2.24, 2.45) is 0 Å². The van der Waals surface area contributed by atoms with E-state index in [1.807, 2.05) is 7.05 Å². The Balaban J connectivity index is 1.72. The van der Waals surface area contributed by atoms with Crippen LogP contribution < -0.4 is 4.90 Å². The first-order chi connectivity index (χ1) is 11.5. The van der Waals surface area contributed by atoms with Crippen molar-refractivity contribution in [3.8, 4) is 0 Å². The maximum Gasteiger partial charge on any atom is 0.299 e. The largest absolute Gasteiger partial charge is 0.349 e. The van der Waals surface area contributed by atoms with Gasteiger partial charge in [0.2, 0.25) is 11.7 Å². The number of alkyl halides is 2. The van der Waals surface area contributed by atoms with E-state index in [1.165, 1.54) is 0 Å². The predicted octanol–water partition coefficient (Wildman–Crippen LogP) is 0.272. The van der Waals surface area contributed by atoms with Crippen molar-refractivity contribution in [2.45, 2.75) is 6.43 Å². The summed E-state index contributed by atoms with van der Waals surface area (Å²) in [6.07, 6.45) is -2.76. The Morgan fingerprint density at radius 2 is 1.96 bits per heavy atom. The second-order valence-corrected chi connectivity index (χ2v) is 5.86. The number of carbonyl (C=O) groups is 1. The summed E-state index contributed by atoms with van der Waals surface area (Å²) in [5.74, 6) is -0.109. The van der Waals surface area contributed by atoms with Gasteiger partial charge in [0.1, 0.15) is 5.82 Å². The zero-order valence-electron chi connectivity index (χ0n) is 13.6. The molecule has 10 heteroatoms. The molecule has 0 aliphatic carbocycles. The highest BCUT2D eigenvalue weighted by Gasteiger charge is 2.22. The number of rotatable bonds is 4. The molecule has 0 unspecified atom stereocenters. The van der Waals surface area contributed by atoms with Gasteiger partial charge in [-0.15, -0.1) is 15.3 Å². The summed E-state index contributed by atoms with van der Waals surface area (Å²) in [5, 5.41) is 11.2. The molecule has 0 N–H and O–H groups in total. The van der Waals surface area contributed by atoms with Gasteiger partial charge >= 0.3 is 0 Å². The van der Waals surface area contributed by atoms with E-state index >= 15 is 0 Å². The number of anilines is 1. The van der Waals surface area contributed by atoms with Crippen LogP contribution in [0.3, 0.4) is 0 Å². The number of halogens is 2. The minimum absolute atomic E-state index is 0.00895. The summed E-state index contributed by atoms with van der Waals surface area (Å²) in [6.45, 7) is 3.21. The topological polar surface area (TPSA) is 69.9 Å². The summed E-state index contributed by atoms with van der Waals surface area (Å²) < 4.78 is 26.8. The number of amides is 1. The van der Waals surface area contributed by atoms with Gasteiger partial charge in [-0.25, -0.2) is 8.78 Å². The minimum atomic E-state index is -2.76. The molecule has 1 amide bonds. The SMILES string of the molecule is CN1CCN(C(=O)CN(C)c2ccc3nnc(C(F)F)n3n2)CC1. The number of aromatic nitrogens is 4. The lowest BCUT2D eigenvalue weighted by Crippen LogP contribution is -2.49. The third kappa shape index (κ3) is 3.28. The number of hydrogen-bond donors (Lipinski definition) is 0. The normalized spacial score (nSPS) is 16.1. The molecule has 0 aromatic carbocycles. The Bertz CT molecular complexity index is 727. The Hall–Kier alpha value is -2.36. The van der Waals surface area contributed by atoms with Crippen molar-refractivity contribution in [3.63, 3.8) is 0 Å². The standard InChI is InChI=1S/C14H19F2N7O/c1-20-5-7-22(8-6-20)12(24)9-21(2)11-4-3-10-17-18-14(13(15)16)23(10)19-11/h3-4,13H,5-9H2,1-2H3. The Morgan fingerprint density at radius 3 is 2.62 bits per heavy atom. The van der Waals surface area contributed by atoms with Gasteiger partial charge in [0.25, 0.3) is 6.43 Å². The lowest BCUT2D eigenvalue weighted by Gasteiger charge is -2.33. The number of likely N-dealkylation sites (N-methyl/N-ethyl adjacent to an activating group) is 2. The van der Waals surface area contributed by atoms with Gasteiger partial charge in [0, 0.05) is 33.2 Å². The highest BCUT2D eigenvalue weighted by Crippen LogP contribution is 2.18. The molecule has 0 atom stereocenters. The van der Waals surface area contributed by atoms with Crippen LogP contribution in [0.15, 0.2) is 12.1 Å². The van der Waals surface area contributed by atoms with Crippen molar-refractivity contribution in [3.05, 3.63) is 18.0 Å². The molecule has 2 aromatic rings. The van der Waals surface area contributed by atoms with Crippen LogP contribution in [0.4, 0.5) is 14.6 Å². The molecule has 2 aromatic heterocycles. The van der Waals surface area contributed by atoms with Crippen LogP contribution in [0.25, 0.3) is 5.65 Å². The Kier molecular flexibility index (Phi) is 4.56. The summed E-state index contributed by atoms with van der Waals surface area (Å²) in [6, 6.07) is 3.19. The van der Waals surface area contributed by atoms with Gasteiger partial charge in [-0.2, -0.15) is 4.52 Å². The lowest BCUT2D eigenvalue weighted by atomic mass is 10.3. The zero-order valence-corrected chi connectivity index (χ0v) is 13.6. The minimum Gasteiger partial charge on any atom is -0.349 e. The van der Waals surface area contributed by atoms with E-state index in [0.717, 1.165) is 17.6 Å². The first-order valence-corrected chi connectivity index (χ1v) is 7.63. The van der Waals surface area contributed by atoms with E-state index in [4.69, 9.17) is 0 Å². The van der Waals surface area contributed by atoms with Crippen molar-refractivity contribution in [2.75, 3.05) is 51.7 Å². The van der Waals surface area contributed by atoms with Gasteiger partial charge in [-0.3, -0.25) is 4.79 Å². The van der Waals surface area contributed by atoms with Crippen LogP contribution in [0.1, 0.15) is 12.2 Å². The summed E-state index contributed by atoms with van der Waals surface area (Å²) in [5.41, 5.74) is 0.243. The van der Waals surface area contributed by atoms with E-state index in [2.05, 4.69) is 20.2 Å². The maximum absolute atomic E-state index is 12.9. The molecule has 1 fully saturated rings. The fourth-order valence-electron chi connectivity index (χ4n) is 2.58. The maximum atomic E-state index is 12.9. The lowest BCUT2D eigenvalue weighted by molar-refractivity contribution is -0.131. The molecule has 24 heavy (non-hydrogen) atoms. The molecular weight excluding hydrogens is 320 g/mol. The van der Waals surface area contributed by atoms with Crippen molar-refractivity contribution in [1.82, 2.24) is 29.6 Å². The zero-order chi connectivity index (χ0) is 17.3. The number of carbonyl (C=O) groups excluding carboxylic acids is 1. The van der Waals surface area contributed by atoms with Crippen LogP contribution in [0, 0.1) is 0 Å². The molecule has 0 saturated carbocycles. The molecule has 0 spiro atoms. The van der Waals surface area contributed by atoms with E-state index < -0.39 is 12.2 Å². The summed E-state index contributed by atoms with van der Waals surface area (Å²) in [7, 11) is 3.72. The average molecular weight is 339 g/mol. The fraction of sp³-hybridized carbons (Fsp3) is 0.571. The van der Waals surface area contributed by atoms with Gasteiger partial charge in [0.05, 0.1) is 6.54 Å². The number of hydrogen-bond acceptors (Lipinski definition) is 6. The van der Waals surface area contributed by atoms with Crippen LogP contribution in [-0.4, -0.2) is 82.3 Å². The molecule has 8 nitrogen and oxygen atoms in total. The first kappa shape index (κ1) is 16.5. The third-order valence-corrected chi connectivity index (χ3v) is 4.09. The van der Waals surface area contributed by atoms with E-state index in [0.29, 0.717) is 18.9 Å². The molecule has 0 bridgehead atoms. The molecule has 1 aliphatic heterocycles. The fourth-order valence-corrected chi connectivity index (χ4v) is 2.58. The number of fused-ring (bicyclic) bond motifs is 1. The van der Waals surface area contributed by atoms with Crippen LogP contribution in [-0.2, 0) is 4.79 Å². The highest BCUT2D eigenvalue weighted by atomic mass is 19.3. The molecule has 0 radical (unpaired) electrons. The number of piperazine rings is 1. The Labute approximate surface area is 137 Å². The van der Waals surface area contributed by atoms with Gasteiger partial charge in [-0.05, 0) is 19.2 Å². The third-order valence-electron chi connectivity index (χ3n) is 4.09. The summed E-state index contributed by atoms with van der Waals surface area (Å²) in [4.78, 5) is 18.0. The van der Waals surface area contributed by atoms with Crippen molar-refractivity contribution < 1.29 is 13.6 Å². The van der Waals surface area contributed by atoms with Gasteiger partial charge in [0.15, 0.2) is 5.65 Å². The van der Waals surface area contributed by atoms with E-state index in [1.54, 1.807) is 29.0 Å². The van der Waals surface area contributed by atoms with Crippen molar-refractivity contribution in [1.29, 1.82) is 0 Å². The van der Waals surface area contributed by atoms with Gasteiger partial charge in [-0.1, -0.05) is 0 Å². The quantitative estimate of drug-likeness (QED) is 0.797. The molecule has 1 aliphatic rings. The average Bonchev–Trinajstić information content (AvgIpc) is 2.98. The molecular formula is C14H19F2N7O. The van der Waals surface area contributed by atoms with Crippen LogP contribution in [0.2, 0.25) is 0 Å². The Morgan fingerprint density at radius 1 is 1.25 bits per heavy atom. The van der Waals surface area contributed by atoms with Crippen molar-refractivity contribution >= 4 is 17.4 Å². The molecule has 1 saturated heterocycles. The van der Waals surface area contributed by atoms with E-state index in [9.17, 15) is 13.6 Å². The molecule has 3 heterocycles. The summed E-state index contributed by atoms with van der Waals surface area (Å²) >= 11 is 0. The van der Waals surface area contributed by atoms with Gasteiger partial charge < -0.3 is 14.7 Å². The highest BCUT2D eigenvalue weighted by molar-refractivity contribution is 5.81. The van der Waals surface area contributed by atoms with E-state index in [-0.39, 0.29) is 18.1 Å². The molecule has 3 rings (SSSR count). The smallest absolute Gasteiger partial charge is 0.299 e. The second kappa shape index (κ2) is 6.63. The second-order valence-electron chi connectivity index (χ2n) is 5.86. The predicted molar refractivity (Wildman–Crippen MR) is 83.1 cm³/mol. The monoisotopic (exact) mass is 339 g/mol. The molecule has 130 valence electrons. The van der Waals surface area contributed by atoms with Crippen LogP contribution in [0.5, 0.6) is 0 Å². The number of nitrogens with zero attached hydrogens (tertiary/aromatic N) is 7. The first-order valence-electron chi connectivity index (χ1n) is 7.63.